The molecule has 0 radical (unpaired) electrons. The summed E-state index contributed by atoms with van der Waals surface area (Å²) in [5, 5.41) is 16.5. The van der Waals surface area contributed by atoms with Gasteiger partial charge in [0.05, 0.1) is 17.4 Å². The lowest BCUT2D eigenvalue weighted by Gasteiger charge is -2.05. The zero-order valence-corrected chi connectivity index (χ0v) is 9.50. The van der Waals surface area contributed by atoms with E-state index in [-0.39, 0.29) is 5.75 Å². The largest absolute Gasteiger partial charge is 0.385 e. The average Bonchev–Trinajstić information content (AvgIpc) is 2.23. The van der Waals surface area contributed by atoms with Crippen molar-refractivity contribution in [3.63, 3.8) is 0 Å². The van der Waals surface area contributed by atoms with E-state index < -0.39 is 10.0 Å². The summed E-state index contributed by atoms with van der Waals surface area (Å²) >= 11 is 0. The maximum Gasteiger partial charge on any atom is 0.209 e. The molecular formula is C10H13N3O2S. The summed E-state index contributed by atoms with van der Waals surface area (Å²) in [7, 11) is -3.38. The molecule has 16 heavy (non-hydrogen) atoms. The number of rotatable bonds is 5. The van der Waals surface area contributed by atoms with E-state index in [4.69, 9.17) is 10.4 Å². The normalized spacial score (nSPS) is 10.8. The van der Waals surface area contributed by atoms with E-state index in [1.165, 1.54) is 0 Å². The zero-order chi connectivity index (χ0) is 12.0. The highest BCUT2D eigenvalue weighted by Crippen LogP contribution is 2.09. The monoisotopic (exact) mass is 239 g/mol. The lowest BCUT2D eigenvalue weighted by Crippen LogP contribution is -2.18. The predicted molar refractivity (Wildman–Crippen MR) is 62.2 cm³/mol. The quantitative estimate of drug-likeness (QED) is 0.737. The average molecular weight is 239 g/mol. The SMILES string of the molecule is N#Cc1cccc(NCCCS(N)(=O)=O)c1. The van der Waals surface area contributed by atoms with Gasteiger partial charge in [-0.25, -0.2) is 13.6 Å². The summed E-state index contributed by atoms with van der Waals surface area (Å²) < 4.78 is 21.3. The van der Waals surface area contributed by atoms with Crippen LogP contribution in [0.15, 0.2) is 24.3 Å². The molecule has 0 atom stereocenters. The molecule has 1 aromatic carbocycles. The fourth-order valence-electron chi connectivity index (χ4n) is 1.20. The third-order valence-electron chi connectivity index (χ3n) is 1.93. The van der Waals surface area contributed by atoms with Crippen molar-refractivity contribution in [2.45, 2.75) is 6.42 Å². The van der Waals surface area contributed by atoms with E-state index in [9.17, 15) is 8.42 Å². The summed E-state index contributed by atoms with van der Waals surface area (Å²) in [5.41, 5.74) is 1.37. The van der Waals surface area contributed by atoms with Crippen molar-refractivity contribution >= 4 is 15.7 Å². The van der Waals surface area contributed by atoms with Crippen LogP contribution in [0, 0.1) is 11.3 Å². The van der Waals surface area contributed by atoms with Crippen LogP contribution >= 0.6 is 0 Å². The highest BCUT2D eigenvalue weighted by Gasteiger charge is 2.01. The van der Waals surface area contributed by atoms with Crippen LogP contribution in [0.1, 0.15) is 12.0 Å². The molecule has 0 saturated carbocycles. The van der Waals surface area contributed by atoms with E-state index in [2.05, 4.69) is 5.32 Å². The number of primary sulfonamides is 1. The van der Waals surface area contributed by atoms with E-state index >= 15 is 0 Å². The first-order valence-corrected chi connectivity index (χ1v) is 6.47. The minimum Gasteiger partial charge on any atom is -0.385 e. The topological polar surface area (TPSA) is 96.0 Å². The summed E-state index contributed by atoms with van der Waals surface area (Å²) in [6.07, 6.45) is 0.440. The Morgan fingerprint density at radius 3 is 2.81 bits per heavy atom. The van der Waals surface area contributed by atoms with Gasteiger partial charge in [-0.1, -0.05) is 6.07 Å². The second-order valence-electron chi connectivity index (χ2n) is 3.34. The predicted octanol–water partition coefficient (Wildman–Crippen LogP) is 0.649. The number of hydrogen-bond acceptors (Lipinski definition) is 4. The van der Waals surface area contributed by atoms with Gasteiger partial charge in [0, 0.05) is 12.2 Å². The van der Waals surface area contributed by atoms with Crippen LogP contribution in [-0.2, 0) is 10.0 Å². The van der Waals surface area contributed by atoms with Crippen LogP contribution in [0.4, 0.5) is 5.69 Å². The molecule has 0 heterocycles. The van der Waals surface area contributed by atoms with Crippen LogP contribution in [-0.4, -0.2) is 20.7 Å². The molecule has 0 amide bonds. The molecule has 3 N–H and O–H groups in total. The molecule has 1 aromatic rings. The second kappa shape index (κ2) is 5.49. The Kier molecular flexibility index (Phi) is 4.28. The third-order valence-corrected chi connectivity index (χ3v) is 2.78. The van der Waals surface area contributed by atoms with Gasteiger partial charge in [-0.15, -0.1) is 0 Å². The van der Waals surface area contributed by atoms with Crippen molar-refractivity contribution in [2.75, 3.05) is 17.6 Å². The Morgan fingerprint density at radius 2 is 2.19 bits per heavy atom. The first kappa shape index (κ1) is 12.5. The molecule has 0 aromatic heterocycles. The molecule has 0 aliphatic heterocycles. The Hall–Kier alpha value is -1.58. The molecule has 0 unspecified atom stereocenters. The standard InChI is InChI=1S/C10H13N3O2S/c11-8-9-3-1-4-10(7-9)13-5-2-6-16(12,14)15/h1,3-4,7,13H,2,5-6H2,(H2,12,14,15). The van der Waals surface area contributed by atoms with Gasteiger partial charge >= 0.3 is 0 Å². The van der Waals surface area contributed by atoms with Gasteiger partial charge in [-0.2, -0.15) is 5.26 Å². The lowest BCUT2D eigenvalue weighted by molar-refractivity contribution is 0.596. The van der Waals surface area contributed by atoms with Crippen LogP contribution < -0.4 is 10.5 Å². The number of anilines is 1. The van der Waals surface area contributed by atoms with Crippen molar-refractivity contribution in [1.29, 1.82) is 5.26 Å². The Bertz CT molecular complexity index is 491. The highest BCUT2D eigenvalue weighted by atomic mass is 32.2. The van der Waals surface area contributed by atoms with Crippen molar-refractivity contribution in [3.05, 3.63) is 29.8 Å². The van der Waals surface area contributed by atoms with Crippen molar-refractivity contribution in [3.8, 4) is 6.07 Å². The molecule has 86 valence electrons. The van der Waals surface area contributed by atoms with Gasteiger partial charge in [0.1, 0.15) is 0 Å². The summed E-state index contributed by atoms with van der Waals surface area (Å²) in [4.78, 5) is 0. The number of sulfonamides is 1. The molecular weight excluding hydrogens is 226 g/mol. The lowest BCUT2D eigenvalue weighted by atomic mass is 10.2. The molecule has 0 bridgehead atoms. The zero-order valence-electron chi connectivity index (χ0n) is 8.68. The molecule has 0 aliphatic carbocycles. The maximum absolute atomic E-state index is 10.6. The minimum atomic E-state index is -3.38. The van der Waals surface area contributed by atoms with Gasteiger partial charge in [0.2, 0.25) is 10.0 Å². The maximum atomic E-state index is 10.6. The fraction of sp³-hybridized carbons (Fsp3) is 0.300. The minimum absolute atomic E-state index is 0.0437. The Labute approximate surface area is 94.9 Å². The van der Waals surface area contributed by atoms with Crippen LogP contribution in [0.2, 0.25) is 0 Å². The second-order valence-corrected chi connectivity index (χ2v) is 5.07. The van der Waals surface area contributed by atoms with Crippen molar-refractivity contribution in [2.24, 2.45) is 5.14 Å². The number of nitrogens with one attached hydrogen (secondary N) is 1. The van der Waals surface area contributed by atoms with Gasteiger partial charge in [0.25, 0.3) is 0 Å². The number of nitrogens with two attached hydrogens (primary N) is 1. The van der Waals surface area contributed by atoms with E-state index in [0.29, 0.717) is 18.5 Å². The van der Waals surface area contributed by atoms with Crippen LogP contribution in [0.5, 0.6) is 0 Å². The molecule has 0 aliphatic rings. The van der Waals surface area contributed by atoms with E-state index in [1.807, 2.05) is 12.1 Å². The smallest absolute Gasteiger partial charge is 0.209 e. The molecule has 0 saturated heterocycles. The van der Waals surface area contributed by atoms with Crippen LogP contribution in [0.25, 0.3) is 0 Å². The van der Waals surface area contributed by atoms with Crippen LogP contribution in [0.3, 0.4) is 0 Å². The summed E-state index contributed by atoms with van der Waals surface area (Å²) in [6.45, 7) is 0.505. The summed E-state index contributed by atoms with van der Waals surface area (Å²) in [6, 6.07) is 9.02. The highest BCUT2D eigenvalue weighted by molar-refractivity contribution is 7.89. The number of nitriles is 1. The molecule has 6 heteroatoms. The molecule has 1 rings (SSSR count). The van der Waals surface area contributed by atoms with Gasteiger partial charge in [0.15, 0.2) is 0 Å². The number of nitrogens with zero attached hydrogens (tertiary/aromatic N) is 1. The molecule has 0 fully saturated rings. The van der Waals surface area contributed by atoms with Gasteiger partial charge in [-0.3, -0.25) is 0 Å². The number of benzene rings is 1. The van der Waals surface area contributed by atoms with E-state index in [1.54, 1.807) is 18.2 Å². The molecule has 5 nitrogen and oxygen atoms in total. The summed E-state index contributed by atoms with van der Waals surface area (Å²) in [5.74, 6) is -0.0437. The van der Waals surface area contributed by atoms with Crippen molar-refractivity contribution in [1.82, 2.24) is 0 Å². The fourth-order valence-corrected chi connectivity index (χ4v) is 1.75. The first-order chi connectivity index (χ1) is 7.51. The number of hydrogen-bond donors (Lipinski definition) is 2. The third kappa shape index (κ3) is 4.77. The molecule has 0 spiro atoms. The van der Waals surface area contributed by atoms with Gasteiger partial charge in [-0.05, 0) is 24.6 Å². The van der Waals surface area contributed by atoms with Gasteiger partial charge < -0.3 is 5.32 Å². The van der Waals surface area contributed by atoms with Crippen molar-refractivity contribution < 1.29 is 8.42 Å². The van der Waals surface area contributed by atoms with E-state index in [0.717, 1.165) is 5.69 Å². The first-order valence-electron chi connectivity index (χ1n) is 4.76. The Morgan fingerprint density at radius 1 is 1.44 bits per heavy atom. The Balaban J connectivity index is 2.41.